The van der Waals surface area contributed by atoms with Crippen LogP contribution in [0.1, 0.15) is 56.9 Å². The first kappa shape index (κ1) is 12.2. The van der Waals surface area contributed by atoms with E-state index in [4.69, 9.17) is 0 Å². The minimum absolute atomic E-state index is 0.327. The summed E-state index contributed by atoms with van der Waals surface area (Å²) in [5.41, 5.74) is 4.24. The number of hydrogen-bond donors (Lipinski definition) is 0. The van der Waals surface area contributed by atoms with Crippen molar-refractivity contribution in [1.29, 1.82) is 0 Å². The molecule has 1 nitrogen and oxygen atoms in total. The topological polar surface area (TPSA) is 12.9 Å². The molecule has 0 aliphatic heterocycles. The van der Waals surface area contributed by atoms with Crippen LogP contribution >= 0.6 is 0 Å². The van der Waals surface area contributed by atoms with E-state index in [-0.39, 0.29) is 0 Å². The van der Waals surface area contributed by atoms with Gasteiger partial charge in [0.15, 0.2) is 0 Å². The number of aryl methyl sites for hydroxylation is 2. The second-order valence-corrected chi connectivity index (χ2v) is 5.51. The van der Waals surface area contributed by atoms with Gasteiger partial charge in [-0.15, -0.1) is 0 Å². The molecule has 0 aliphatic carbocycles. The average molecular weight is 205 g/mol. The van der Waals surface area contributed by atoms with E-state index < -0.39 is 0 Å². The van der Waals surface area contributed by atoms with Gasteiger partial charge in [0.25, 0.3) is 0 Å². The smallest absolute Gasteiger partial charge is 0.0375 e. The summed E-state index contributed by atoms with van der Waals surface area (Å²) in [4.78, 5) is 4.34. The Morgan fingerprint density at radius 3 is 2.33 bits per heavy atom. The van der Waals surface area contributed by atoms with Crippen LogP contribution in [-0.2, 0) is 0 Å². The molecule has 1 heteroatoms. The Morgan fingerprint density at radius 2 is 1.87 bits per heavy atom. The Morgan fingerprint density at radius 1 is 1.27 bits per heavy atom. The lowest BCUT2D eigenvalue weighted by Crippen LogP contribution is -2.19. The quantitative estimate of drug-likeness (QED) is 0.703. The van der Waals surface area contributed by atoms with Crippen molar-refractivity contribution in [2.75, 3.05) is 0 Å². The van der Waals surface area contributed by atoms with Gasteiger partial charge in [-0.1, -0.05) is 27.7 Å². The Bertz CT molecular complexity index is 334. The second kappa shape index (κ2) is 4.34. The van der Waals surface area contributed by atoms with E-state index in [0.29, 0.717) is 11.3 Å². The van der Waals surface area contributed by atoms with Crippen LogP contribution in [-0.4, -0.2) is 4.98 Å². The van der Waals surface area contributed by atoms with E-state index in [1.54, 1.807) is 0 Å². The zero-order chi connectivity index (χ0) is 11.6. The van der Waals surface area contributed by atoms with Crippen LogP contribution in [0.5, 0.6) is 0 Å². The zero-order valence-corrected chi connectivity index (χ0v) is 10.9. The third kappa shape index (κ3) is 2.80. The summed E-state index contributed by atoms with van der Waals surface area (Å²) in [5.74, 6) is 0.624. The monoisotopic (exact) mass is 205 g/mol. The maximum atomic E-state index is 4.34. The van der Waals surface area contributed by atoms with Crippen molar-refractivity contribution in [3.05, 3.63) is 29.1 Å². The molecule has 84 valence electrons. The molecule has 0 radical (unpaired) electrons. The highest BCUT2D eigenvalue weighted by Gasteiger charge is 2.25. The predicted molar refractivity (Wildman–Crippen MR) is 66.2 cm³/mol. The number of rotatable bonds is 2. The van der Waals surface area contributed by atoms with Crippen molar-refractivity contribution >= 4 is 0 Å². The van der Waals surface area contributed by atoms with Crippen molar-refractivity contribution in [2.24, 2.45) is 5.41 Å². The fourth-order valence-electron chi connectivity index (χ4n) is 2.32. The van der Waals surface area contributed by atoms with Gasteiger partial charge in [0.1, 0.15) is 0 Å². The Labute approximate surface area is 93.9 Å². The Balaban J connectivity index is 3.18. The molecule has 0 aromatic carbocycles. The van der Waals surface area contributed by atoms with E-state index in [2.05, 4.69) is 52.6 Å². The molecular weight excluding hydrogens is 182 g/mol. The van der Waals surface area contributed by atoms with Crippen LogP contribution in [0.3, 0.4) is 0 Å². The lowest BCUT2D eigenvalue weighted by Gasteiger charge is -2.31. The van der Waals surface area contributed by atoms with Crippen molar-refractivity contribution < 1.29 is 0 Å². The van der Waals surface area contributed by atoms with Gasteiger partial charge < -0.3 is 0 Å². The van der Waals surface area contributed by atoms with Crippen LogP contribution in [0.4, 0.5) is 0 Å². The first-order chi connectivity index (χ1) is 6.86. The molecule has 1 aromatic rings. The van der Waals surface area contributed by atoms with Gasteiger partial charge in [-0.25, -0.2) is 0 Å². The minimum Gasteiger partial charge on any atom is -0.261 e. The van der Waals surface area contributed by atoms with Gasteiger partial charge in [0, 0.05) is 11.9 Å². The first-order valence-electron chi connectivity index (χ1n) is 5.79. The fourth-order valence-corrected chi connectivity index (χ4v) is 2.32. The first-order valence-corrected chi connectivity index (χ1v) is 5.79. The molecule has 1 rings (SSSR count). The zero-order valence-electron chi connectivity index (χ0n) is 10.9. The number of aromatic nitrogens is 1. The van der Waals surface area contributed by atoms with Gasteiger partial charge in [-0.2, -0.15) is 0 Å². The van der Waals surface area contributed by atoms with Crippen LogP contribution < -0.4 is 0 Å². The Hall–Kier alpha value is -0.850. The summed E-state index contributed by atoms with van der Waals surface area (Å²) in [5, 5.41) is 0. The third-order valence-electron chi connectivity index (χ3n) is 3.11. The molecule has 1 unspecified atom stereocenters. The van der Waals surface area contributed by atoms with Crippen LogP contribution in [0.25, 0.3) is 0 Å². The Kier molecular flexibility index (Phi) is 3.54. The molecule has 15 heavy (non-hydrogen) atoms. The third-order valence-corrected chi connectivity index (χ3v) is 3.11. The van der Waals surface area contributed by atoms with E-state index in [9.17, 15) is 0 Å². The van der Waals surface area contributed by atoms with Crippen molar-refractivity contribution in [2.45, 2.75) is 53.9 Å². The van der Waals surface area contributed by atoms with E-state index in [1.807, 2.05) is 6.20 Å². The number of nitrogens with zero attached hydrogens (tertiary/aromatic N) is 1. The number of pyridine rings is 1. The van der Waals surface area contributed by atoms with Gasteiger partial charge in [-0.05, 0) is 48.8 Å². The van der Waals surface area contributed by atoms with Crippen molar-refractivity contribution in [3.8, 4) is 0 Å². The molecule has 1 atom stereocenters. The highest BCUT2D eigenvalue weighted by Crippen LogP contribution is 2.38. The van der Waals surface area contributed by atoms with E-state index >= 15 is 0 Å². The predicted octanol–water partition coefficient (Wildman–Crippen LogP) is 4.24. The molecule has 0 N–H and O–H groups in total. The van der Waals surface area contributed by atoms with E-state index in [0.717, 1.165) is 5.69 Å². The maximum Gasteiger partial charge on any atom is 0.0375 e. The molecule has 1 aromatic heterocycles. The molecule has 0 bridgehead atoms. The molecule has 0 aliphatic rings. The highest BCUT2D eigenvalue weighted by molar-refractivity contribution is 5.30. The SMILES string of the molecule is CCC(c1cc(C)ncc1C)C(C)(C)C. The lowest BCUT2D eigenvalue weighted by molar-refractivity contribution is 0.311. The molecule has 0 amide bonds. The van der Waals surface area contributed by atoms with Gasteiger partial charge >= 0.3 is 0 Å². The summed E-state index contributed by atoms with van der Waals surface area (Å²) in [7, 11) is 0. The maximum absolute atomic E-state index is 4.34. The van der Waals surface area contributed by atoms with E-state index in [1.165, 1.54) is 17.5 Å². The average Bonchev–Trinajstić information content (AvgIpc) is 2.10. The van der Waals surface area contributed by atoms with Crippen LogP contribution in [0.2, 0.25) is 0 Å². The van der Waals surface area contributed by atoms with Crippen molar-refractivity contribution in [1.82, 2.24) is 4.98 Å². The summed E-state index contributed by atoms with van der Waals surface area (Å²) in [6, 6.07) is 2.24. The largest absolute Gasteiger partial charge is 0.261 e. The lowest BCUT2D eigenvalue weighted by atomic mass is 9.74. The van der Waals surface area contributed by atoms with Crippen LogP contribution in [0.15, 0.2) is 12.3 Å². The summed E-state index contributed by atoms with van der Waals surface area (Å²) in [6.07, 6.45) is 3.19. The van der Waals surface area contributed by atoms with Crippen molar-refractivity contribution in [3.63, 3.8) is 0 Å². The molecule has 0 saturated carbocycles. The molecule has 0 saturated heterocycles. The highest BCUT2D eigenvalue weighted by atomic mass is 14.7. The molecule has 0 spiro atoms. The summed E-state index contributed by atoms with van der Waals surface area (Å²) < 4.78 is 0. The number of hydrogen-bond acceptors (Lipinski definition) is 1. The van der Waals surface area contributed by atoms with Gasteiger partial charge in [0.05, 0.1) is 0 Å². The summed E-state index contributed by atoms with van der Waals surface area (Å²) >= 11 is 0. The second-order valence-electron chi connectivity index (χ2n) is 5.51. The molecule has 0 fully saturated rings. The van der Waals surface area contributed by atoms with Crippen LogP contribution in [0, 0.1) is 19.3 Å². The molecular formula is C14H23N. The minimum atomic E-state index is 0.327. The van der Waals surface area contributed by atoms with Gasteiger partial charge in [0.2, 0.25) is 0 Å². The standard InChI is InChI=1S/C14H23N/c1-7-13(14(4,5)6)12-8-11(3)15-9-10(12)2/h8-9,13H,7H2,1-6H3. The summed E-state index contributed by atoms with van der Waals surface area (Å²) in [6.45, 7) is 13.4. The molecule has 1 heterocycles. The normalized spacial score (nSPS) is 14.0. The fraction of sp³-hybridized carbons (Fsp3) is 0.643. The van der Waals surface area contributed by atoms with Gasteiger partial charge in [-0.3, -0.25) is 4.98 Å².